The lowest BCUT2D eigenvalue weighted by atomic mass is 9.89. The summed E-state index contributed by atoms with van der Waals surface area (Å²) in [4.78, 5) is 5.37. The molecular weight excluding hydrogens is 214 g/mol. The van der Waals surface area contributed by atoms with Crippen molar-refractivity contribution in [3.63, 3.8) is 0 Å². The molecule has 1 saturated heterocycles. The fourth-order valence-electron chi connectivity index (χ4n) is 2.80. The van der Waals surface area contributed by atoms with Crippen LogP contribution in [-0.4, -0.2) is 13.2 Å². The van der Waals surface area contributed by atoms with E-state index in [1.54, 1.807) is 0 Å². The molecule has 3 nitrogen and oxygen atoms in total. The molecule has 0 aromatic heterocycles. The highest BCUT2D eigenvalue weighted by Gasteiger charge is 2.36. The van der Waals surface area contributed by atoms with Crippen molar-refractivity contribution in [3.8, 4) is 5.75 Å². The Balaban J connectivity index is 2.01. The first-order valence-electron chi connectivity index (χ1n) is 5.95. The van der Waals surface area contributed by atoms with Crippen LogP contribution in [0.3, 0.4) is 0 Å². The van der Waals surface area contributed by atoms with Gasteiger partial charge in [0.1, 0.15) is 5.75 Å². The maximum Gasteiger partial charge on any atom is 0.124 e. The van der Waals surface area contributed by atoms with Gasteiger partial charge in [-0.15, -0.1) is 0 Å². The lowest BCUT2D eigenvalue weighted by molar-refractivity contribution is 0.0863. The Morgan fingerprint density at radius 3 is 3.00 bits per heavy atom. The highest BCUT2D eigenvalue weighted by molar-refractivity contribution is 5.88. The van der Waals surface area contributed by atoms with Crippen molar-refractivity contribution in [1.29, 1.82) is 0 Å². The maximum atomic E-state index is 5.83. The minimum atomic E-state index is 0.268. The number of fused-ring (bicyclic) bond motifs is 5. The summed E-state index contributed by atoms with van der Waals surface area (Å²) in [5, 5.41) is 2.52. The third-order valence-electron chi connectivity index (χ3n) is 3.67. The summed E-state index contributed by atoms with van der Waals surface area (Å²) < 4.78 is 5.83. The van der Waals surface area contributed by atoms with Gasteiger partial charge in [0, 0.05) is 11.5 Å². The number of benzene rings is 2. The third-order valence-corrected chi connectivity index (χ3v) is 3.67. The van der Waals surface area contributed by atoms with Crippen LogP contribution in [0.5, 0.6) is 5.75 Å². The average molecular weight is 227 g/mol. The Morgan fingerprint density at radius 1 is 1.06 bits per heavy atom. The molecule has 2 heterocycles. The maximum absolute atomic E-state index is 5.83. The van der Waals surface area contributed by atoms with E-state index in [1.807, 2.05) is 0 Å². The van der Waals surface area contributed by atoms with Crippen LogP contribution in [0.15, 0.2) is 36.4 Å². The lowest BCUT2D eigenvalue weighted by Gasteiger charge is -2.28. The van der Waals surface area contributed by atoms with Crippen molar-refractivity contribution in [2.45, 2.75) is 6.04 Å². The molecule has 1 fully saturated rings. The normalized spacial score (nSPS) is 26.4. The molecule has 0 bridgehead atoms. The largest absolute Gasteiger partial charge is 0.493 e. The number of hydrogen-bond acceptors (Lipinski definition) is 3. The van der Waals surface area contributed by atoms with E-state index in [2.05, 4.69) is 41.9 Å². The number of rotatable bonds is 0. The molecule has 1 N–H and O–H groups in total. The van der Waals surface area contributed by atoms with E-state index in [9.17, 15) is 0 Å². The standard InChI is InChI=1S/C14H13NO2/c1-2-4-11-9(3-1)5-6-12-13(11)14-10(7-16-12)8-17-15-14/h1-6,10,14-15H,7-8H2/t10-,14-/m0/s1. The Kier molecular flexibility index (Phi) is 1.92. The number of hydroxylamine groups is 1. The second-order valence-corrected chi connectivity index (χ2v) is 4.68. The van der Waals surface area contributed by atoms with Gasteiger partial charge in [0.15, 0.2) is 0 Å². The molecule has 0 radical (unpaired) electrons. The monoisotopic (exact) mass is 227 g/mol. The van der Waals surface area contributed by atoms with E-state index >= 15 is 0 Å². The van der Waals surface area contributed by atoms with Gasteiger partial charge in [-0.3, -0.25) is 0 Å². The second kappa shape index (κ2) is 3.45. The summed E-state index contributed by atoms with van der Waals surface area (Å²) in [6, 6.07) is 12.9. The van der Waals surface area contributed by atoms with E-state index in [0.717, 1.165) is 19.0 Å². The van der Waals surface area contributed by atoms with Gasteiger partial charge in [0.05, 0.1) is 19.3 Å². The van der Waals surface area contributed by atoms with E-state index in [-0.39, 0.29) is 6.04 Å². The minimum Gasteiger partial charge on any atom is -0.493 e. The highest BCUT2D eigenvalue weighted by Crippen LogP contribution is 2.42. The molecule has 86 valence electrons. The predicted octanol–water partition coefficient (Wildman–Crippen LogP) is 2.42. The van der Waals surface area contributed by atoms with E-state index in [0.29, 0.717) is 5.92 Å². The van der Waals surface area contributed by atoms with E-state index in [1.165, 1.54) is 16.3 Å². The molecule has 3 heteroatoms. The molecule has 0 aliphatic carbocycles. The smallest absolute Gasteiger partial charge is 0.124 e. The fourth-order valence-corrected chi connectivity index (χ4v) is 2.80. The van der Waals surface area contributed by atoms with Gasteiger partial charge in [-0.2, -0.15) is 5.48 Å². The van der Waals surface area contributed by atoms with Crippen LogP contribution in [0.25, 0.3) is 10.8 Å². The van der Waals surface area contributed by atoms with Crippen molar-refractivity contribution in [3.05, 3.63) is 42.0 Å². The highest BCUT2D eigenvalue weighted by atomic mass is 16.7. The first kappa shape index (κ1) is 9.45. The molecule has 0 spiro atoms. The van der Waals surface area contributed by atoms with Gasteiger partial charge in [0.2, 0.25) is 0 Å². The summed E-state index contributed by atoms with van der Waals surface area (Å²) in [7, 11) is 0. The summed E-state index contributed by atoms with van der Waals surface area (Å²) in [6.45, 7) is 1.47. The zero-order valence-corrected chi connectivity index (χ0v) is 9.35. The summed E-state index contributed by atoms with van der Waals surface area (Å²) in [5.41, 5.74) is 4.37. The Labute approximate surface area is 99.3 Å². The Morgan fingerprint density at radius 2 is 2.00 bits per heavy atom. The summed E-state index contributed by atoms with van der Waals surface area (Å²) in [5.74, 6) is 1.41. The van der Waals surface area contributed by atoms with Crippen molar-refractivity contribution < 1.29 is 9.57 Å². The van der Waals surface area contributed by atoms with Gasteiger partial charge in [0.25, 0.3) is 0 Å². The van der Waals surface area contributed by atoms with Crippen LogP contribution in [0.2, 0.25) is 0 Å². The van der Waals surface area contributed by atoms with Gasteiger partial charge in [-0.1, -0.05) is 30.3 Å². The topological polar surface area (TPSA) is 30.5 Å². The quantitative estimate of drug-likeness (QED) is 0.749. The molecular formula is C14H13NO2. The van der Waals surface area contributed by atoms with Gasteiger partial charge in [-0.25, -0.2) is 0 Å². The molecule has 2 aliphatic rings. The first-order chi connectivity index (χ1) is 8.43. The molecule has 17 heavy (non-hydrogen) atoms. The van der Waals surface area contributed by atoms with Crippen molar-refractivity contribution in [2.75, 3.05) is 13.2 Å². The number of nitrogens with one attached hydrogen (secondary N) is 1. The minimum absolute atomic E-state index is 0.268. The van der Waals surface area contributed by atoms with Crippen molar-refractivity contribution >= 4 is 10.8 Å². The Hall–Kier alpha value is -1.58. The number of hydrogen-bond donors (Lipinski definition) is 1. The molecule has 2 atom stereocenters. The molecule has 0 unspecified atom stereocenters. The van der Waals surface area contributed by atoms with Crippen LogP contribution in [0.1, 0.15) is 11.6 Å². The third kappa shape index (κ3) is 1.30. The van der Waals surface area contributed by atoms with E-state index in [4.69, 9.17) is 9.57 Å². The van der Waals surface area contributed by atoms with Crippen LogP contribution >= 0.6 is 0 Å². The van der Waals surface area contributed by atoms with Crippen molar-refractivity contribution in [1.82, 2.24) is 5.48 Å². The molecule has 2 aliphatic heterocycles. The van der Waals surface area contributed by atoms with Crippen LogP contribution < -0.4 is 10.2 Å². The summed E-state index contributed by atoms with van der Waals surface area (Å²) in [6.07, 6.45) is 0. The number of ether oxygens (including phenoxy) is 1. The molecule has 2 aromatic rings. The molecule has 0 amide bonds. The molecule has 0 saturated carbocycles. The SMILES string of the molecule is c1ccc2c3c(ccc2c1)OC[C@H]1CON[C@H]31. The van der Waals surface area contributed by atoms with Crippen LogP contribution in [-0.2, 0) is 4.84 Å². The van der Waals surface area contributed by atoms with Crippen LogP contribution in [0.4, 0.5) is 0 Å². The first-order valence-corrected chi connectivity index (χ1v) is 5.95. The average Bonchev–Trinajstić information content (AvgIpc) is 2.86. The zero-order chi connectivity index (χ0) is 11.2. The fraction of sp³-hybridized carbons (Fsp3) is 0.286. The van der Waals surface area contributed by atoms with Gasteiger partial charge >= 0.3 is 0 Å². The predicted molar refractivity (Wildman–Crippen MR) is 64.8 cm³/mol. The van der Waals surface area contributed by atoms with Gasteiger partial charge in [-0.05, 0) is 16.8 Å². The van der Waals surface area contributed by atoms with E-state index < -0.39 is 0 Å². The second-order valence-electron chi connectivity index (χ2n) is 4.68. The Bertz CT molecular complexity index is 581. The van der Waals surface area contributed by atoms with Crippen LogP contribution in [0, 0.1) is 5.92 Å². The van der Waals surface area contributed by atoms with Gasteiger partial charge < -0.3 is 9.57 Å². The summed E-state index contributed by atoms with van der Waals surface area (Å²) >= 11 is 0. The zero-order valence-electron chi connectivity index (χ0n) is 9.35. The molecule has 2 aromatic carbocycles. The van der Waals surface area contributed by atoms with Crippen molar-refractivity contribution in [2.24, 2.45) is 5.92 Å². The lowest BCUT2D eigenvalue weighted by Crippen LogP contribution is -2.28. The molecule has 4 rings (SSSR count).